The fourth-order valence-electron chi connectivity index (χ4n) is 3.08. The minimum atomic E-state index is -0.227. The molecule has 1 amide bonds. The number of carbonyl (C=O) groups is 1. The quantitative estimate of drug-likeness (QED) is 0.363. The van der Waals surface area contributed by atoms with Gasteiger partial charge in [-0.2, -0.15) is 10.5 Å². The lowest BCUT2D eigenvalue weighted by Gasteiger charge is -2.15. The number of rotatable bonds is 7. The lowest BCUT2D eigenvalue weighted by molar-refractivity contribution is -0.115. The van der Waals surface area contributed by atoms with Crippen LogP contribution in [-0.4, -0.2) is 21.6 Å². The average molecular weight is 517 g/mol. The van der Waals surface area contributed by atoms with E-state index >= 15 is 0 Å². The van der Waals surface area contributed by atoms with E-state index in [1.165, 1.54) is 23.1 Å². The summed E-state index contributed by atoms with van der Waals surface area (Å²) in [4.78, 5) is 21.0. The van der Waals surface area contributed by atoms with Gasteiger partial charge in [0.05, 0.1) is 21.8 Å². The average Bonchev–Trinajstić information content (AvgIpc) is 3.21. The first-order valence-electron chi connectivity index (χ1n) is 9.72. The lowest BCUT2D eigenvalue weighted by atomic mass is 9.94. The molecule has 0 saturated heterocycles. The smallest absolute Gasteiger partial charge is 0.226 e. The van der Waals surface area contributed by atoms with Crippen LogP contribution in [0.4, 0.5) is 10.9 Å². The number of anilines is 2. The van der Waals surface area contributed by atoms with Crippen LogP contribution in [0.1, 0.15) is 42.9 Å². The van der Waals surface area contributed by atoms with E-state index in [1.807, 2.05) is 19.9 Å². The molecule has 0 bridgehead atoms. The second-order valence-corrected chi connectivity index (χ2v) is 9.94. The van der Waals surface area contributed by atoms with Crippen LogP contribution in [0.25, 0.3) is 11.3 Å². The Morgan fingerprint density at radius 1 is 1.24 bits per heavy atom. The third-order valence-corrected chi connectivity index (χ3v) is 6.84. The molecule has 0 unspecified atom stereocenters. The second-order valence-electron chi connectivity index (χ2n) is 7.15. The normalized spacial score (nSPS) is 10.6. The number of carbonyl (C=O) groups excluding carboxylic acids is 1. The minimum absolute atomic E-state index is 0.0736. The molecule has 11 heteroatoms. The van der Waals surface area contributed by atoms with Crippen molar-refractivity contribution < 1.29 is 4.79 Å². The molecule has 33 heavy (non-hydrogen) atoms. The molecule has 0 aliphatic carbocycles. The number of hydrogen-bond acceptors (Lipinski definition) is 8. The van der Waals surface area contributed by atoms with Crippen LogP contribution in [0.15, 0.2) is 28.6 Å². The third-order valence-electron chi connectivity index (χ3n) is 4.56. The molecule has 0 atom stereocenters. The molecule has 0 saturated carbocycles. The SMILES string of the molecule is CC(C)c1c(C#N)c(N)nc(SCCC(=O)Nc2nc(-c3ccc(Cl)cc3Cl)cs2)c1C#N. The zero-order chi connectivity index (χ0) is 24.1. The Morgan fingerprint density at radius 3 is 2.61 bits per heavy atom. The number of halogens is 2. The molecule has 0 radical (unpaired) electrons. The number of nitriles is 2. The van der Waals surface area contributed by atoms with Crippen molar-refractivity contribution in [2.24, 2.45) is 0 Å². The van der Waals surface area contributed by atoms with Crippen LogP contribution < -0.4 is 11.1 Å². The molecule has 0 aliphatic rings. The monoisotopic (exact) mass is 516 g/mol. The summed E-state index contributed by atoms with van der Waals surface area (Å²) in [6.07, 6.45) is 0.171. The Labute approximate surface area is 209 Å². The highest BCUT2D eigenvalue weighted by Crippen LogP contribution is 2.34. The molecule has 2 aromatic heterocycles. The first-order valence-corrected chi connectivity index (χ1v) is 12.3. The number of nitrogens with one attached hydrogen (secondary N) is 1. The largest absolute Gasteiger partial charge is 0.383 e. The van der Waals surface area contributed by atoms with Crippen LogP contribution in [0.5, 0.6) is 0 Å². The molecule has 168 valence electrons. The van der Waals surface area contributed by atoms with E-state index in [0.717, 1.165) is 5.56 Å². The van der Waals surface area contributed by atoms with Crippen molar-refractivity contribution >= 4 is 63.2 Å². The van der Waals surface area contributed by atoms with Gasteiger partial charge in [0.25, 0.3) is 0 Å². The summed E-state index contributed by atoms with van der Waals surface area (Å²) in [6.45, 7) is 3.77. The van der Waals surface area contributed by atoms with Gasteiger partial charge in [0.1, 0.15) is 23.0 Å². The van der Waals surface area contributed by atoms with Gasteiger partial charge in [-0.3, -0.25) is 4.79 Å². The van der Waals surface area contributed by atoms with E-state index in [0.29, 0.717) is 42.8 Å². The van der Waals surface area contributed by atoms with Gasteiger partial charge in [-0.25, -0.2) is 9.97 Å². The molecule has 0 fully saturated rings. The first kappa shape index (κ1) is 24.8. The van der Waals surface area contributed by atoms with Crippen molar-refractivity contribution in [1.29, 1.82) is 10.5 Å². The molecular weight excluding hydrogens is 499 g/mol. The van der Waals surface area contributed by atoms with Crippen LogP contribution in [0.3, 0.4) is 0 Å². The van der Waals surface area contributed by atoms with Gasteiger partial charge in [-0.1, -0.05) is 37.0 Å². The van der Waals surface area contributed by atoms with Gasteiger partial charge < -0.3 is 11.1 Å². The predicted molar refractivity (Wildman–Crippen MR) is 134 cm³/mol. The van der Waals surface area contributed by atoms with Crippen LogP contribution in [0.2, 0.25) is 10.0 Å². The maximum Gasteiger partial charge on any atom is 0.226 e. The van der Waals surface area contributed by atoms with Gasteiger partial charge in [-0.05, 0) is 29.7 Å². The number of aromatic nitrogens is 2. The third kappa shape index (κ3) is 5.76. The van der Waals surface area contributed by atoms with Gasteiger partial charge in [0, 0.05) is 28.1 Å². The van der Waals surface area contributed by atoms with Crippen molar-refractivity contribution in [2.75, 3.05) is 16.8 Å². The summed E-state index contributed by atoms with van der Waals surface area (Å²) in [7, 11) is 0. The molecule has 3 N–H and O–H groups in total. The summed E-state index contributed by atoms with van der Waals surface area (Å²) >= 11 is 14.7. The van der Waals surface area contributed by atoms with Gasteiger partial charge >= 0.3 is 0 Å². The summed E-state index contributed by atoms with van der Waals surface area (Å²) in [5.41, 5.74) is 8.43. The van der Waals surface area contributed by atoms with Crippen molar-refractivity contribution in [2.45, 2.75) is 31.2 Å². The summed E-state index contributed by atoms with van der Waals surface area (Å²) in [5, 5.41) is 25.5. The zero-order valence-corrected chi connectivity index (χ0v) is 20.8. The molecule has 0 spiro atoms. The number of hydrogen-bond donors (Lipinski definition) is 2. The zero-order valence-electron chi connectivity index (χ0n) is 17.6. The Balaban J connectivity index is 1.66. The maximum absolute atomic E-state index is 12.4. The highest BCUT2D eigenvalue weighted by atomic mass is 35.5. The number of nitrogen functional groups attached to an aromatic ring is 1. The second kappa shape index (κ2) is 10.9. The maximum atomic E-state index is 12.4. The Kier molecular flexibility index (Phi) is 8.17. The molecule has 2 heterocycles. The Bertz CT molecular complexity index is 1290. The standard InChI is InChI=1S/C22H18Cl2N6OS2/c1-11(2)19-14(8-25)20(27)30-21(15(19)9-26)32-6-5-18(31)29-22-28-17(10-33-22)13-4-3-12(23)7-16(13)24/h3-4,7,10-11H,5-6H2,1-2H3,(H2,27,30)(H,28,29,31). The Hall–Kier alpha value is -2.82. The number of thioether (sulfide) groups is 1. The lowest BCUT2D eigenvalue weighted by Crippen LogP contribution is -2.12. The number of nitrogens with zero attached hydrogens (tertiary/aromatic N) is 4. The Morgan fingerprint density at radius 2 is 1.97 bits per heavy atom. The summed E-state index contributed by atoms with van der Waals surface area (Å²) in [5.74, 6) is 0.158. The number of nitrogens with two attached hydrogens (primary N) is 1. The van der Waals surface area contributed by atoms with E-state index < -0.39 is 0 Å². The topological polar surface area (TPSA) is 128 Å². The number of pyridine rings is 1. The summed E-state index contributed by atoms with van der Waals surface area (Å²) < 4.78 is 0. The first-order chi connectivity index (χ1) is 15.7. The molecule has 0 aliphatic heterocycles. The van der Waals surface area contributed by atoms with Crippen molar-refractivity contribution in [1.82, 2.24) is 9.97 Å². The fraction of sp³-hybridized carbons (Fsp3) is 0.227. The number of thiazole rings is 1. The number of amides is 1. The molecule has 3 aromatic rings. The van der Waals surface area contributed by atoms with Crippen LogP contribution >= 0.6 is 46.3 Å². The van der Waals surface area contributed by atoms with Crippen molar-refractivity contribution in [3.63, 3.8) is 0 Å². The highest BCUT2D eigenvalue weighted by molar-refractivity contribution is 7.99. The van der Waals surface area contributed by atoms with E-state index in [9.17, 15) is 15.3 Å². The molecule has 7 nitrogen and oxygen atoms in total. The van der Waals surface area contributed by atoms with E-state index in [4.69, 9.17) is 28.9 Å². The van der Waals surface area contributed by atoms with Crippen molar-refractivity contribution in [3.05, 3.63) is 50.3 Å². The van der Waals surface area contributed by atoms with Gasteiger partial charge in [0.15, 0.2) is 5.13 Å². The summed E-state index contributed by atoms with van der Waals surface area (Å²) in [6, 6.07) is 9.30. The minimum Gasteiger partial charge on any atom is -0.383 e. The van der Waals surface area contributed by atoms with Crippen molar-refractivity contribution in [3.8, 4) is 23.4 Å². The van der Waals surface area contributed by atoms with Crippen LogP contribution in [-0.2, 0) is 4.79 Å². The molecule has 1 aromatic carbocycles. The fourth-order valence-corrected chi connectivity index (χ4v) is 5.26. The molecular formula is C22H18Cl2N6OS2. The van der Waals surface area contributed by atoms with Gasteiger partial charge in [-0.15, -0.1) is 23.1 Å². The van der Waals surface area contributed by atoms with E-state index in [2.05, 4.69) is 21.4 Å². The van der Waals surface area contributed by atoms with E-state index in [-0.39, 0.29) is 29.6 Å². The predicted octanol–water partition coefficient (Wildman–Crippen LogP) is 6.08. The van der Waals surface area contributed by atoms with E-state index in [1.54, 1.807) is 23.6 Å². The van der Waals surface area contributed by atoms with Crippen LogP contribution in [0, 0.1) is 22.7 Å². The molecule has 3 rings (SSSR count). The van der Waals surface area contributed by atoms with Gasteiger partial charge in [0.2, 0.25) is 5.91 Å². The highest BCUT2D eigenvalue weighted by Gasteiger charge is 2.21. The number of benzene rings is 1.